The number of carbonyl (C=O) groups is 2. The molecule has 0 bridgehead atoms. The molecule has 0 spiro atoms. The fraction of sp³-hybridized carbons (Fsp3) is 0.462. The number of ether oxygens (including phenoxy) is 2. The Morgan fingerprint density at radius 2 is 1.23 bits per heavy atom. The van der Waals surface area contributed by atoms with Crippen molar-refractivity contribution in [3.05, 3.63) is 59.7 Å². The van der Waals surface area contributed by atoms with Crippen molar-refractivity contribution in [3.63, 3.8) is 0 Å². The second-order valence-electron chi connectivity index (χ2n) is 7.67. The van der Waals surface area contributed by atoms with Gasteiger partial charge in [-0.1, -0.05) is 67.3 Å². The van der Waals surface area contributed by atoms with Gasteiger partial charge in [0.05, 0.1) is 12.2 Å². The summed E-state index contributed by atoms with van der Waals surface area (Å²) in [7, 11) is 0. The van der Waals surface area contributed by atoms with Crippen molar-refractivity contribution in [3.8, 4) is 11.5 Å². The molecule has 0 saturated heterocycles. The van der Waals surface area contributed by atoms with E-state index >= 15 is 0 Å². The Morgan fingerprint density at radius 1 is 0.710 bits per heavy atom. The van der Waals surface area contributed by atoms with Crippen molar-refractivity contribution in [2.75, 3.05) is 11.9 Å². The molecule has 0 aliphatic heterocycles. The fourth-order valence-electron chi connectivity index (χ4n) is 3.27. The number of hydrogen-bond donors (Lipinski definition) is 0. The molecule has 168 valence electrons. The lowest BCUT2D eigenvalue weighted by Gasteiger charge is -2.08. The standard InChI is InChI=1S/C26H33BrO4/c27-19-9-7-5-3-1-2-4-6-8-10-20-30-24-17-13-23(14-18-24)26(29)31-25-15-11-22(21-28)12-16-25/h11-18,21H,1-10,19-20H2. The molecule has 2 rings (SSSR count). The van der Waals surface area contributed by atoms with Gasteiger partial charge in [-0.25, -0.2) is 4.79 Å². The number of alkyl halides is 1. The summed E-state index contributed by atoms with van der Waals surface area (Å²) >= 11 is 3.47. The maximum Gasteiger partial charge on any atom is 0.343 e. The van der Waals surface area contributed by atoms with E-state index in [-0.39, 0.29) is 0 Å². The largest absolute Gasteiger partial charge is 0.494 e. The van der Waals surface area contributed by atoms with Crippen LogP contribution in [0.5, 0.6) is 11.5 Å². The van der Waals surface area contributed by atoms with Crippen LogP contribution in [0.1, 0.15) is 84.9 Å². The number of rotatable bonds is 16. The summed E-state index contributed by atoms with van der Waals surface area (Å²) in [5.74, 6) is 0.731. The zero-order valence-corrected chi connectivity index (χ0v) is 19.8. The van der Waals surface area contributed by atoms with Gasteiger partial charge >= 0.3 is 5.97 Å². The predicted octanol–water partition coefficient (Wildman–Crippen LogP) is 7.39. The number of hydrogen-bond acceptors (Lipinski definition) is 4. The van der Waals surface area contributed by atoms with Crippen molar-refractivity contribution in [2.45, 2.75) is 64.2 Å². The van der Waals surface area contributed by atoms with Crippen LogP contribution in [0, 0.1) is 0 Å². The van der Waals surface area contributed by atoms with Crippen LogP contribution in [0.15, 0.2) is 48.5 Å². The average Bonchev–Trinajstić information content (AvgIpc) is 2.80. The van der Waals surface area contributed by atoms with Crippen LogP contribution in [0.4, 0.5) is 0 Å². The molecule has 2 aromatic rings. The zero-order chi connectivity index (χ0) is 22.2. The van der Waals surface area contributed by atoms with Crippen molar-refractivity contribution in [1.82, 2.24) is 0 Å². The van der Waals surface area contributed by atoms with Gasteiger partial charge in [0.2, 0.25) is 0 Å². The number of halogens is 1. The fourth-order valence-corrected chi connectivity index (χ4v) is 3.66. The molecular weight excluding hydrogens is 456 g/mol. The SMILES string of the molecule is O=Cc1ccc(OC(=O)c2ccc(OCCCCCCCCCCCCBr)cc2)cc1. The van der Waals surface area contributed by atoms with Gasteiger partial charge in [0.25, 0.3) is 0 Å². The van der Waals surface area contributed by atoms with E-state index in [2.05, 4.69) is 15.9 Å². The molecule has 0 fully saturated rings. The van der Waals surface area contributed by atoms with Crippen LogP contribution < -0.4 is 9.47 Å². The van der Waals surface area contributed by atoms with Gasteiger partial charge in [-0.3, -0.25) is 4.79 Å². The summed E-state index contributed by atoms with van der Waals surface area (Å²) in [6, 6.07) is 13.4. The molecule has 0 radical (unpaired) electrons. The second-order valence-corrected chi connectivity index (χ2v) is 8.47. The Morgan fingerprint density at radius 3 is 1.77 bits per heavy atom. The van der Waals surface area contributed by atoms with Crippen molar-refractivity contribution in [2.24, 2.45) is 0 Å². The second kappa shape index (κ2) is 15.6. The molecule has 0 unspecified atom stereocenters. The molecule has 2 aromatic carbocycles. The number of benzene rings is 2. The predicted molar refractivity (Wildman–Crippen MR) is 129 cm³/mol. The lowest BCUT2D eigenvalue weighted by atomic mass is 10.1. The Bertz CT molecular complexity index is 756. The molecule has 4 nitrogen and oxygen atoms in total. The first-order valence-electron chi connectivity index (χ1n) is 11.3. The first kappa shape index (κ1) is 25.1. The average molecular weight is 489 g/mol. The highest BCUT2D eigenvalue weighted by Crippen LogP contribution is 2.17. The molecule has 31 heavy (non-hydrogen) atoms. The molecule has 0 saturated carbocycles. The van der Waals surface area contributed by atoms with Gasteiger partial charge in [0, 0.05) is 10.9 Å². The van der Waals surface area contributed by atoms with E-state index < -0.39 is 5.97 Å². The van der Waals surface area contributed by atoms with Crippen LogP contribution >= 0.6 is 15.9 Å². The van der Waals surface area contributed by atoms with Crippen LogP contribution in [0.2, 0.25) is 0 Å². The Hall–Kier alpha value is -2.14. The number of unbranched alkanes of at least 4 members (excludes halogenated alkanes) is 9. The highest BCUT2D eigenvalue weighted by atomic mass is 79.9. The van der Waals surface area contributed by atoms with Crippen LogP contribution in [0.3, 0.4) is 0 Å². The van der Waals surface area contributed by atoms with Crippen molar-refractivity contribution < 1.29 is 19.1 Å². The molecular formula is C26H33BrO4. The van der Waals surface area contributed by atoms with Gasteiger partial charge in [0.15, 0.2) is 0 Å². The Balaban J connectivity index is 1.55. The lowest BCUT2D eigenvalue weighted by molar-refractivity contribution is 0.0734. The smallest absolute Gasteiger partial charge is 0.343 e. The molecule has 0 aliphatic carbocycles. The van der Waals surface area contributed by atoms with E-state index in [1.807, 2.05) is 0 Å². The van der Waals surface area contributed by atoms with E-state index in [9.17, 15) is 9.59 Å². The van der Waals surface area contributed by atoms with E-state index in [1.165, 1.54) is 57.8 Å². The van der Waals surface area contributed by atoms with Crippen molar-refractivity contribution >= 4 is 28.2 Å². The molecule has 0 aromatic heterocycles. The topological polar surface area (TPSA) is 52.6 Å². The number of esters is 1. The molecule has 0 aliphatic rings. The maximum absolute atomic E-state index is 12.2. The van der Waals surface area contributed by atoms with E-state index in [0.717, 1.165) is 23.8 Å². The first-order chi connectivity index (χ1) is 15.2. The van der Waals surface area contributed by atoms with E-state index in [1.54, 1.807) is 48.5 Å². The molecule has 0 N–H and O–H groups in total. The number of carbonyl (C=O) groups excluding carboxylic acids is 2. The van der Waals surface area contributed by atoms with Crippen LogP contribution in [-0.4, -0.2) is 24.2 Å². The van der Waals surface area contributed by atoms with Crippen molar-refractivity contribution in [1.29, 1.82) is 0 Å². The van der Waals surface area contributed by atoms with Crippen LogP contribution in [0.25, 0.3) is 0 Å². The summed E-state index contributed by atoms with van der Waals surface area (Å²) in [5.41, 5.74) is 0.997. The molecule has 5 heteroatoms. The zero-order valence-electron chi connectivity index (χ0n) is 18.2. The Kier molecular flexibility index (Phi) is 12.7. The third kappa shape index (κ3) is 10.6. The summed E-state index contributed by atoms with van der Waals surface area (Å²) in [6.45, 7) is 0.694. The minimum atomic E-state index is -0.437. The quantitative estimate of drug-likeness (QED) is 0.0811. The molecule has 0 heterocycles. The van der Waals surface area contributed by atoms with Gasteiger partial charge in [0.1, 0.15) is 17.8 Å². The summed E-state index contributed by atoms with van der Waals surface area (Å²) in [6.07, 6.45) is 13.6. The normalized spacial score (nSPS) is 10.6. The summed E-state index contributed by atoms with van der Waals surface area (Å²) in [5, 5.41) is 1.13. The minimum Gasteiger partial charge on any atom is -0.494 e. The molecule has 0 atom stereocenters. The third-order valence-electron chi connectivity index (χ3n) is 5.11. The van der Waals surface area contributed by atoms with Gasteiger partial charge in [-0.15, -0.1) is 0 Å². The highest BCUT2D eigenvalue weighted by Gasteiger charge is 2.09. The summed E-state index contributed by atoms with van der Waals surface area (Å²) < 4.78 is 11.1. The minimum absolute atomic E-state index is 0.408. The van der Waals surface area contributed by atoms with E-state index in [0.29, 0.717) is 23.5 Å². The molecule has 0 amide bonds. The first-order valence-corrected chi connectivity index (χ1v) is 12.4. The highest BCUT2D eigenvalue weighted by molar-refractivity contribution is 9.09. The van der Waals surface area contributed by atoms with Gasteiger partial charge < -0.3 is 9.47 Å². The lowest BCUT2D eigenvalue weighted by Crippen LogP contribution is -2.08. The Labute approximate surface area is 194 Å². The monoisotopic (exact) mass is 488 g/mol. The summed E-state index contributed by atoms with van der Waals surface area (Å²) in [4.78, 5) is 22.9. The third-order valence-corrected chi connectivity index (χ3v) is 5.67. The maximum atomic E-state index is 12.2. The van der Waals surface area contributed by atoms with Crippen LogP contribution in [-0.2, 0) is 0 Å². The van der Waals surface area contributed by atoms with Gasteiger partial charge in [-0.2, -0.15) is 0 Å². The van der Waals surface area contributed by atoms with E-state index in [4.69, 9.17) is 9.47 Å². The van der Waals surface area contributed by atoms with Gasteiger partial charge in [-0.05, 0) is 61.4 Å². The number of aldehydes is 1.